The van der Waals surface area contributed by atoms with Crippen molar-refractivity contribution in [3.8, 4) is 5.75 Å². The van der Waals surface area contributed by atoms with Crippen LogP contribution in [0.3, 0.4) is 0 Å². The Kier molecular flexibility index (Phi) is 5.28. The molecule has 34 heavy (non-hydrogen) atoms. The van der Waals surface area contributed by atoms with Crippen molar-refractivity contribution in [1.82, 2.24) is 9.97 Å². The lowest BCUT2D eigenvalue weighted by molar-refractivity contribution is -0.132. The number of amides is 1. The van der Waals surface area contributed by atoms with Crippen LogP contribution in [0.25, 0.3) is 16.8 Å². The number of methoxy groups -OCH3 is 1. The highest BCUT2D eigenvalue weighted by Crippen LogP contribution is 2.42. The number of carbonyl (C=O) groups excluding carboxylic acids is 2. The van der Waals surface area contributed by atoms with Gasteiger partial charge in [0.25, 0.3) is 5.78 Å². The molecule has 0 radical (unpaired) electrons. The van der Waals surface area contributed by atoms with Gasteiger partial charge in [-0.15, -0.1) is 0 Å². The molecule has 1 amide bonds. The van der Waals surface area contributed by atoms with Crippen molar-refractivity contribution in [2.75, 3.05) is 12.0 Å². The van der Waals surface area contributed by atoms with E-state index in [9.17, 15) is 14.7 Å². The zero-order valence-electron chi connectivity index (χ0n) is 18.5. The highest BCUT2D eigenvalue weighted by Gasteiger charge is 2.49. The normalized spacial score (nSPS) is 17.6. The lowest BCUT2D eigenvalue weighted by Crippen LogP contribution is -2.30. The average molecular weight is 522 g/mol. The smallest absolute Gasteiger partial charge is 0.302 e. The SMILES string of the molecule is COc1ccc(/C(O)=C2\C(=O)C(=O)N(c3nc4ccc(C)cc4[nH]3)C2c2ccc(C)o2)cc1Br. The Balaban J connectivity index is 1.71. The lowest BCUT2D eigenvalue weighted by Gasteiger charge is -2.20. The number of aromatic nitrogens is 2. The van der Waals surface area contributed by atoms with Gasteiger partial charge in [-0.2, -0.15) is 0 Å². The van der Waals surface area contributed by atoms with Crippen molar-refractivity contribution in [1.29, 1.82) is 0 Å². The second-order valence-electron chi connectivity index (χ2n) is 8.05. The van der Waals surface area contributed by atoms with Crippen molar-refractivity contribution in [3.63, 3.8) is 0 Å². The van der Waals surface area contributed by atoms with Crippen LogP contribution in [0.2, 0.25) is 0 Å². The van der Waals surface area contributed by atoms with Crippen LogP contribution in [0.4, 0.5) is 5.95 Å². The number of nitrogens with one attached hydrogen (secondary N) is 1. The maximum atomic E-state index is 13.3. The maximum absolute atomic E-state index is 13.3. The molecule has 1 aliphatic rings. The number of aliphatic hydroxyl groups excluding tert-OH is 1. The number of anilines is 1. The molecule has 0 saturated carbocycles. The molecule has 8 nitrogen and oxygen atoms in total. The number of halogens is 1. The van der Waals surface area contributed by atoms with Crippen LogP contribution in [0, 0.1) is 13.8 Å². The van der Waals surface area contributed by atoms with Gasteiger partial charge in [0.15, 0.2) is 0 Å². The van der Waals surface area contributed by atoms with E-state index in [0.717, 1.165) is 11.1 Å². The Morgan fingerprint density at radius 2 is 1.94 bits per heavy atom. The van der Waals surface area contributed by atoms with Crippen molar-refractivity contribution < 1.29 is 23.8 Å². The molecule has 0 spiro atoms. The molecular formula is C25H20BrN3O5. The van der Waals surface area contributed by atoms with Gasteiger partial charge >= 0.3 is 5.91 Å². The third kappa shape index (κ3) is 3.49. The van der Waals surface area contributed by atoms with Crippen LogP contribution in [0.1, 0.15) is 28.7 Å². The number of ether oxygens (including phenoxy) is 1. The predicted molar refractivity (Wildman–Crippen MR) is 130 cm³/mol. The first-order chi connectivity index (χ1) is 16.3. The van der Waals surface area contributed by atoms with Crippen LogP contribution in [-0.2, 0) is 9.59 Å². The first-order valence-corrected chi connectivity index (χ1v) is 11.3. The minimum Gasteiger partial charge on any atom is -0.507 e. The number of imidazole rings is 1. The Bertz CT molecular complexity index is 1500. The summed E-state index contributed by atoms with van der Waals surface area (Å²) in [6.45, 7) is 3.71. The van der Waals surface area contributed by atoms with Crippen molar-refractivity contribution in [2.24, 2.45) is 0 Å². The van der Waals surface area contributed by atoms with E-state index in [1.165, 1.54) is 12.0 Å². The van der Waals surface area contributed by atoms with E-state index in [2.05, 4.69) is 25.9 Å². The molecule has 0 bridgehead atoms. The number of nitrogens with zero attached hydrogens (tertiary/aromatic N) is 2. The summed E-state index contributed by atoms with van der Waals surface area (Å²) in [6.07, 6.45) is 0. The Morgan fingerprint density at radius 3 is 2.62 bits per heavy atom. The van der Waals surface area contributed by atoms with Gasteiger partial charge in [0, 0.05) is 5.56 Å². The number of rotatable bonds is 4. The summed E-state index contributed by atoms with van der Waals surface area (Å²) in [7, 11) is 1.53. The number of Topliss-reactive ketones (excluding diaryl/α,β-unsaturated/α-hetero) is 1. The summed E-state index contributed by atoms with van der Waals surface area (Å²) >= 11 is 3.39. The molecule has 2 aromatic heterocycles. The van der Waals surface area contributed by atoms with Gasteiger partial charge in [0.1, 0.15) is 29.1 Å². The van der Waals surface area contributed by atoms with E-state index in [-0.39, 0.29) is 17.3 Å². The second kappa shape index (κ2) is 8.18. The number of fused-ring (bicyclic) bond motifs is 1. The fourth-order valence-electron chi connectivity index (χ4n) is 4.11. The Morgan fingerprint density at radius 1 is 1.15 bits per heavy atom. The molecule has 1 unspecified atom stereocenters. The third-order valence-electron chi connectivity index (χ3n) is 5.75. The number of aliphatic hydroxyl groups is 1. The summed E-state index contributed by atoms with van der Waals surface area (Å²) in [5.41, 5.74) is 2.65. The maximum Gasteiger partial charge on any atom is 0.302 e. The minimum atomic E-state index is -1.00. The van der Waals surface area contributed by atoms with Crippen LogP contribution in [0.5, 0.6) is 5.75 Å². The molecule has 172 valence electrons. The van der Waals surface area contributed by atoms with Gasteiger partial charge in [-0.1, -0.05) is 6.07 Å². The minimum absolute atomic E-state index is 0.0898. The number of hydrogen-bond acceptors (Lipinski definition) is 6. The Hall–Kier alpha value is -3.85. The van der Waals surface area contributed by atoms with Crippen LogP contribution in [-0.4, -0.2) is 33.9 Å². The zero-order valence-corrected chi connectivity index (χ0v) is 20.1. The molecule has 3 heterocycles. The number of furan rings is 1. The van der Waals surface area contributed by atoms with Gasteiger partial charge < -0.3 is 19.2 Å². The largest absolute Gasteiger partial charge is 0.507 e. The van der Waals surface area contributed by atoms with Gasteiger partial charge in [0.2, 0.25) is 5.95 Å². The Labute approximate surface area is 203 Å². The molecule has 5 rings (SSSR count). The first-order valence-electron chi connectivity index (χ1n) is 10.5. The third-order valence-corrected chi connectivity index (χ3v) is 6.37. The van der Waals surface area contributed by atoms with E-state index >= 15 is 0 Å². The van der Waals surface area contributed by atoms with Gasteiger partial charge in [-0.05, 0) is 77.8 Å². The summed E-state index contributed by atoms with van der Waals surface area (Å²) in [6, 6.07) is 13.0. The van der Waals surface area contributed by atoms with Crippen molar-refractivity contribution in [3.05, 3.63) is 81.2 Å². The van der Waals surface area contributed by atoms with E-state index in [1.807, 2.05) is 25.1 Å². The summed E-state index contributed by atoms with van der Waals surface area (Å²) in [4.78, 5) is 35.4. The standard InChI is InChI=1S/C25H20BrN3O5/c1-12-4-7-16-17(10-12)28-25(27-16)29-21(19-8-5-13(2)34-19)20(23(31)24(29)32)22(30)14-6-9-18(33-3)15(26)11-14/h4-11,21,30H,1-3H3,(H,27,28)/b22-20+. The summed E-state index contributed by atoms with van der Waals surface area (Å²) < 4.78 is 11.7. The number of H-pyrrole nitrogens is 1. The highest BCUT2D eigenvalue weighted by molar-refractivity contribution is 9.10. The van der Waals surface area contributed by atoms with Gasteiger partial charge in [-0.25, -0.2) is 4.98 Å². The number of aromatic amines is 1. The number of carbonyl (C=O) groups is 2. The predicted octanol–water partition coefficient (Wildman–Crippen LogP) is 5.17. The molecule has 2 aromatic carbocycles. The van der Waals surface area contributed by atoms with Crippen LogP contribution >= 0.6 is 15.9 Å². The van der Waals surface area contributed by atoms with Crippen LogP contribution < -0.4 is 9.64 Å². The fraction of sp³-hybridized carbons (Fsp3) is 0.160. The van der Waals surface area contributed by atoms with E-state index < -0.39 is 17.7 Å². The number of hydrogen-bond donors (Lipinski definition) is 2. The van der Waals surface area contributed by atoms with Gasteiger partial charge in [0.05, 0.1) is 28.2 Å². The van der Waals surface area contributed by atoms with E-state index in [0.29, 0.717) is 32.8 Å². The topological polar surface area (TPSA) is 109 Å². The quantitative estimate of drug-likeness (QED) is 0.218. The molecule has 4 aromatic rings. The van der Waals surface area contributed by atoms with E-state index in [1.54, 1.807) is 37.3 Å². The molecular weight excluding hydrogens is 502 g/mol. The molecule has 1 fully saturated rings. The van der Waals surface area contributed by atoms with E-state index in [4.69, 9.17) is 9.15 Å². The van der Waals surface area contributed by atoms with Crippen molar-refractivity contribution in [2.45, 2.75) is 19.9 Å². The fourth-order valence-corrected chi connectivity index (χ4v) is 4.65. The molecule has 1 aliphatic heterocycles. The first kappa shape index (κ1) is 22.0. The molecule has 1 saturated heterocycles. The average Bonchev–Trinajstić information content (AvgIpc) is 3.49. The highest BCUT2D eigenvalue weighted by atomic mass is 79.9. The second-order valence-corrected chi connectivity index (χ2v) is 8.90. The summed E-state index contributed by atoms with van der Waals surface area (Å²) in [5, 5.41) is 11.2. The molecule has 9 heteroatoms. The monoisotopic (exact) mass is 521 g/mol. The molecule has 2 N–H and O–H groups in total. The molecule has 1 atom stereocenters. The lowest BCUT2D eigenvalue weighted by atomic mass is 9.99. The summed E-state index contributed by atoms with van der Waals surface area (Å²) in [5.74, 6) is -0.278. The molecule has 0 aliphatic carbocycles. The van der Waals surface area contributed by atoms with Crippen LogP contribution in [0.15, 0.2) is 63.0 Å². The zero-order chi connectivity index (χ0) is 24.1. The number of aryl methyl sites for hydroxylation is 2. The number of ketones is 1. The van der Waals surface area contributed by atoms with Gasteiger partial charge in [-0.3, -0.25) is 14.5 Å². The number of benzene rings is 2. The van der Waals surface area contributed by atoms with Crippen molar-refractivity contribution >= 4 is 50.4 Å².